The van der Waals surface area contributed by atoms with Gasteiger partial charge in [-0.2, -0.15) is 5.26 Å². The molecule has 0 aromatic heterocycles. The summed E-state index contributed by atoms with van der Waals surface area (Å²) < 4.78 is 5.09. The SMILES string of the molecule is N#Cc1ccc([N+](=O)[O-])c(NC[C@@]2(O)CCOC2)c1. The van der Waals surface area contributed by atoms with Crippen LogP contribution in [0, 0.1) is 21.4 Å². The maximum absolute atomic E-state index is 10.9. The van der Waals surface area contributed by atoms with Crippen LogP contribution < -0.4 is 5.32 Å². The molecular weight excluding hydrogens is 250 g/mol. The second-order valence-electron chi connectivity index (χ2n) is 4.48. The van der Waals surface area contributed by atoms with Crippen LogP contribution in [0.1, 0.15) is 12.0 Å². The van der Waals surface area contributed by atoms with Gasteiger partial charge in [-0.1, -0.05) is 0 Å². The molecule has 0 aliphatic carbocycles. The predicted molar refractivity (Wildman–Crippen MR) is 66.7 cm³/mol. The van der Waals surface area contributed by atoms with Crippen molar-refractivity contribution in [1.82, 2.24) is 0 Å². The molecule has 100 valence electrons. The fourth-order valence-corrected chi connectivity index (χ4v) is 1.90. The number of rotatable bonds is 4. The molecule has 1 atom stereocenters. The molecule has 0 saturated carbocycles. The Morgan fingerprint density at radius 3 is 3.00 bits per heavy atom. The number of hydrogen-bond acceptors (Lipinski definition) is 6. The molecule has 1 saturated heterocycles. The van der Waals surface area contributed by atoms with Gasteiger partial charge < -0.3 is 15.2 Å². The van der Waals surface area contributed by atoms with E-state index in [9.17, 15) is 15.2 Å². The molecule has 19 heavy (non-hydrogen) atoms. The van der Waals surface area contributed by atoms with Gasteiger partial charge in [0, 0.05) is 25.6 Å². The van der Waals surface area contributed by atoms with E-state index in [1.54, 1.807) is 0 Å². The number of nitrogens with one attached hydrogen (secondary N) is 1. The molecule has 0 radical (unpaired) electrons. The van der Waals surface area contributed by atoms with Crippen LogP contribution in [-0.4, -0.2) is 35.4 Å². The summed E-state index contributed by atoms with van der Waals surface area (Å²) in [5.74, 6) is 0. The molecule has 1 aliphatic rings. The molecule has 1 heterocycles. The van der Waals surface area contributed by atoms with Gasteiger partial charge in [0.1, 0.15) is 11.3 Å². The average molecular weight is 263 g/mol. The van der Waals surface area contributed by atoms with Crippen molar-refractivity contribution < 1.29 is 14.8 Å². The third-order valence-corrected chi connectivity index (χ3v) is 3.01. The quantitative estimate of drug-likeness (QED) is 0.620. The lowest BCUT2D eigenvalue weighted by molar-refractivity contribution is -0.384. The lowest BCUT2D eigenvalue weighted by Crippen LogP contribution is -2.37. The Morgan fingerprint density at radius 1 is 1.63 bits per heavy atom. The molecule has 2 N–H and O–H groups in total. The first-order valence-electron chi connectivity index (χ1n) is 5.77. The lowest BCUT2D eigenvalue weighted by Gasteiger charge is -2.21. The molecule has 7 heteroatoms. The van der Waals surface area contributed by atoms with E-state index in [4.69, 9.17) is 10.00 Å². The number of benzene rings is 1. The second kappa shape index (κ2) is 5.22. The van der Waals surface area contributed by atoms with E-state index in [-0.39, 0.29) is 24.5 Å². The Balaban J connectivity index is 2.18. The molecule has 1 fully saturated rings. The second-order valence-corrected chi connectivity index (χ2v) is 4.48. The van der Waals surface area contributed by atoms with Crippen molar-refractivity contribution in [2.24, 2.45) is 0 Å². The highest BCUT2D eigenvalue weighted by Gasteiger charge is 2.32. The van der Waals surface area contributed by atoms with E-state index in [0.29, 0.717) is 18.6 Å². The highest BCUT2D eigenvalue weighted by molar-refractivity contribution is 5.64. The molecule has 0 unspecified atom stereocenters. The third kappa shape index (κ3) is 2.99. The van der Waals surface area contributed by atoms with Crippen LogP contribution in [-0.2, 0) is 4.74 Å². The molecule has 0 bridgehead atoms. The number of nitro groups is 1. The van der Waals surface area contributed by atoms with Gasteiger partial charge >= 0.3 is 0 Å². The first-order chi connectivity index (χ1) is 9.04. The van der Waals surface area contributed by atoms with E-state index in [2.05, 4.69) is 5.32 Å². The zero-order valence-electron chi connectivity index (χ0n) is 10.1. The molecule has 0 amide bonds. The van der Waals surface area contributed by atoms with Crippen molar-refractivity contribution in [2.75, 3.05) is 25.1 Å². The number of aliphatic hydroxyl groups is 1. The highest BCUT2D eigenvalue weighted by Crippen LogP contribution is 2.27. The number of ether oxygens (including phenoxy) is 1. The zero-order chi connectivity index (χ0) is 13.9. The van der Waals surface area contributed by atoms with Crippen LogP contribution in [0.4, 0.5) is 11.4 Å². The van der Waals surface area contributed by atoms with Crippen molar-refractivity contribution in [3.63, 3.8) is 0 Å². The summed E-state index contributed by atoms with van der Waals surface area (Å²) in [5, 5.41) is 32.6. The summed E-state index contributed by atoms with van der Waals surface area (Å²) in [6.07, 6.45) is 0.478. The fourth-order valence-electron chi connectivity index (χ4n) is 1.90. The number of anilines is 1. The number of nitro benzene ring substituents is 1. The van der Waals surface area contributed by atoms with Crippen LogP contribution in [0.15, 0.2) is 18.2 Å². The first-order valence-corrected chi connectivity index (χ1v) is 5.77. The summed E-state index contributed by atoms with van der Waals surface area (Å²) in [6, 6.07) is 5.98. The summed E-state index contributed by atoms with van der Waals surface area (Å²) in [7, 11) is 0. The normalized spacial score (nSPS) is 21.9. The van der Waals surface area contributed by atoms with Crippen molar-refractivity contribution in [3.05, 3.63) is 33.9 Å². The Hall–Kier alpha value is -2.17. The standard InChI is InChI=1S/C12H13N3O4/c13-6-9-1-2-11(15(17)18)10(5-9)14-7-12(16)3-4-19-8-12/h1-2,5,14,16H,3-4,7-8H2/t12-/m0/s1. The van der Waals surface area contributed by atoms with E-state index in [1.165, 1.54) is 18.2 Å². The largest absolute Gasteiger partial charge is 0.386 e. The Bertz CT molecular complexity index is 532. The minimum Gasteiger partial charge on any atom is -0.386 e. The maximum Gasteiger partial charge on any atom is 0.292 e. The molecular formula is C12H13N3O4. The Labute approximate surface area is 109 Å². The van der Waals surface area contributed by atoms with Crippen molar-refractivity contribution in [3.8, 4) is 6.07 Å². The summed E-state index contributed by atoms with van der Waals surface area (Å²) in [4.78, 5) is 10.4. The molecule has 0 spiro atoms. The van der Waals surface area contributed by atoms with E-state index in [0.717, 1.165) is 0 Å². The van der Waals surface area contributed by atoms with Crippen molar-refractivity contribution in [1.29, 1.82) is 5.26 Å². The Kier molecular flexibility index (Phi) is 3.64. The van der Waals surface area contributed by atoms with Gasteiger partial charge in [0.25, 0.3) is 5.69 Å². The summed E-state index contributed by atoms with van der Waals surface area (Å²) in [6.45, 7) is 0.812. The number of hydrogen-bond donors (Lipinski definition) is 2. The lowest BCUT2D eigenvalue weighted by atomic mass is 10.0. The van der Waals surface area contributed by atoms with Gasteiger partial charge in [-0.15, -0.1) is 0 Å². The first kappa shape index (κ1) is 13.3. The molecule has 7 nitrogen and oxygen atoms in total. The van der Waals surface area contributed by atoms with Crippen molar-refractivity contribution in [2.45, 2.75) is 12.0 Å². The highest BCUT2D eigenvalue weighted by atomic mass is 16.6. The smallest absolute Gasteiger partial charge is 0.292 e. The van der Waals surface area contributed by atoms with E-state index < -0.39 is 10.5 Å². The monoisotopic (exact) mass is 263 g/mol. The van der Waals surface area contributed by atoms with Gasteiger partial charge in [-0.25, -0.2) is 0 Å². The molecule has 1 aromatic rings. The summed E-state index contributed by atoms with van der Waals surface area (Å²) >= 11 is 0. The topological polar surface area (TPSA) is 108 Å². The van der Waals surface area contributed by atoms with Gasteiger partial charge in [0.15, 0.2) is 0 Å². The van der Waals surface area contributed by atoms with Crippen LogP contribution in [0.3, 0.4) is 0 Å². The van der Waals surface area contributed by atoms with Crippen LogP contribution in [0.5, 0.6) is 0 Å². The van der Waals surface area contributed by atoms with Crippen LogP contribution in [0.2, 0.25) is 0 Å². The summed E-state index contributed by atoms with van der Waals surface area (Å²) in [5.41, 5.74) is -0.593. The molecule has 2 rings (SSSR count). The fraction of sp³-hybridized carbons (Fsp3) is 0.417. The Morgan fingerprint density at radius 2 is 2.42 bits per heavy atom. The van der Waals surface area contributed by atoms with Gasteiger partial charge in [-0.3, -0.25) is 10.1 Å². The zero-order valence-corrected chi connectivity index (χ0v) is 10.1. The number of nitriles is 1. The van der Waals surface area contributed by atoms with Gasteiger partial charge in [0.05, 0.1) is 23.2 Å². The molecule has 1 aliphatic heterocycles. The van der Waals surface area contributed by atoms with Gasteiger partial charge in [-0.05, 0) is 12.1 Å². The van der Waals surface area contributed by atoms with Crippen LogP contribution >= 0.6 is 0 Å². The van der Waals surface area contributed by atoms with Crippen molar-refractivity contribution >= 4 is 11.4 Å². The number of nitrogens with zero attached hydrogens (tertiary/aromatic N) is 2. The van der Waals surface area contributed by atoms with Crippen LogP contribution in [0.25, 0.3) is 0 Å². The average Bonchev–Trinajstić information content (AvgIpc) is 2.83. The van der Waals surface area contributed by atoms with E-state index >= 15 is 0 Å². The van der Waals surface area contributed by atoms with Gasteiger partial charge in [0.2, 0.25) is 0 Å². The minimum atomic E-state index is -1.02. The maximum atomic E-state index is 10.9. The molecule has 1 aromatic carbocycles. The predicted octanol–water partition coefficient (Wildman–Crippen LogP) is 1.03. The van der Waals surface area contributed by atoms with E-state index in [1.807, 2.05) is 6.07 Å². The minimum absolute atomic E-state index is 0.124. The third-order valence-electron chi connectivity index (χ3n) is 3.01.